The van der Waals surface area contributed by atoms with Crippen LogP contribution in [0.4, 0.5) is 11.4 Å². The van der Waals surface area contributed by atoms with Crippen LogP contribution in [0.3, 0.4) is 0 Å². The maximum Gasteiger partial charge on any atom is 0.0812 e. The van der Waals surface area contributed by atoms with E-state index < -0.39 is 0 Å². The molecule has 0 N–H and O–H groups in total. The summed E-state index contributed by atoms with van der Waals surface area (Å²) in [6.45, 7) is 20.2. The van der Waals surface area contributed by atoms with Crippen molar-refractivity contribution in [1.82, 2.24) is 9.97 Å². The number of aromatic nitrogens is 2. The van der Waals surface area contributed by atoms with Crippen LogP contribution in [0.15, 0.2) is 101 Å². The molecule has 0 radical (unpaired) electrons. The summed E-state index contributed by atoms with van der Waals surface area (Å²) in [5, 5.41) is 0. The molecule has 0 aliphatic heterocycles. The lowest BCUT2D eigenvalue weighted by atomic mass is 9.85. The van der Waals surface area contributed by atoms with Gasteiger partial charge in [0.25, 0.3) is 0 Å². The van der Waals surface area contributed by atoms with Crippen molar-refractivity contribution in [2.75, 3.05) is 0 Å². The van der Waals surface area contributed by atoms with Crippen LogP contribution in [-0.4, -0.2) is 22.4 Å². The Balaban J connectivity index is 1.64. The minimum absolute atomic E-state index is 0.313. The fourth-order valence-corrected chi connectivity index (χ4v) is 6.02. The van der Waals surface area contributed by atoms with Gasteiger partial charge in [0.1, 0.15) is 0 Å². The Morgan fingerprint density at radius 2 is 0.915 bits per heavy atom. The van der Waals surface area contributed by atoms with Gasteiger partial charge < -0.3 is 0 Å². The number of pyridine rings is 2. The molecule has 0 saturated heterocycles. The number of benzene rings is 3. The summed E-state index contributed by atoms with van der Waals surface area (Å²) < 4.78 is 0. The minimum atomic E-state index is 0.313. The van der Waals surface area contributed by atoms with E-state index in [2.05, 4.69) is 115 Å². The summed E-state index contributed by atoms with van der Waals surface area (Å²) in [5.41, 5.74) is 15.0. The van der Waals surface area contributed by atoms with Gasteiger partial charge in [0.2, 0.25) is 0 Å². The highest BCUT2D eigenvalue weighted by Gasteiger charge is 2.19. The van der Waals surface area contributed by atoms with Crippen LogP contribution in [0.2, 0.25) is 0 Å². The quantitative estimate of drug-likeness (QED) is 0.146. The Hall–Kier alpha value is -4.70. The molecule has 5 rings (SSSR count). The maximum absolute atomic E-state index is 5.03. The third-order valence-corrected chi connectivity index (χ3v) is 8.74. The molecule has 4 heteroatoms. The Morgan fingerprint density at radius 1 is 0.489 bits per heavy atom. The summed E-state index contributed by atoms with van der Waals surface area (Å²) in [5.74, 6) is 1.26. The van der Waals surface area contributed by atoms with Crippen molar-refractivity contribution >= 4 is 23.8 Å². The lowest BCUT2D eigenvalue weighted by Crippen LogP contribution is -2.00. The van der Waals surface area contributed by atoms with Crippen LogP contribution >= 0.6 is 0 Å². The van der Waals surface area contributed by atoms with Gasteiger partial charge in [-0.05, 0) is 135 Å². The van der Waals surface area contributed by atoms with Crippen molar-refractivity contribution in [3.05, 3.63) is 130 Å². The first-order valence-corrected chi connectivity index (χ1v) is 16.9. The van der Waals surface area contributed by atoms with E-state index in [1.54, 1.807) is 0 Å². The van der Waals surface area contributed by atoms with E-state index in [9.17, 15) is 0 Å². The molecular weight excluding hydrogens is 573 g/mol. The molecule has 4 nitrogen and oxygen atoms in total. The largest absolute Gasteiger partial charge is 0.255 e. The van der Waals surface area contributed by atoms with Gasteiger partial charge in [-0.25, -0.2) is 0 Å². The topological polar surface area (TPSA) is 50.5 Å². The molecule has 0 atom stereocenters. The molecule has 0 unspecified atom stereocenters. The van der Waals surface area contributed by atoms with E-state index in [1.165, 1.54) is 50.1 Å². The van der Waals surface area contributed by atoms with Crippen LogP contribution in [0.1, 0.15) is 118 Å². The van der Waals surface area contributed by atoms with E-state index >= 15 is 0 Å². The number of hydrogen-bond donors (Lipinski definition) is 0. The van der Waals surface area contributed by atoms with E-state index in [-0.39, 0.29) is 0 Å². The second-order valence-electron chi connectivity index (χ2n) is 13.7. The minimum Gasteiger partial charge on any atom is -0.255 e. The number of rotatable bonds is 10. The van der Waals surface area contributed by atoms with Crippen molar-refractivity contribution in [3.63, 3.8) is 0 Å². The smallest absolute Gasteiger partial charge is 0.0812 e. The normalized spacial score (nSPS) is 12.1. The second-order valence-corrected chi connectivity index (χ2v) is 13.7. The first-order valence-electron chi connectivity index (χ1n) is 16.9. The van der Waals surface area contributed by atoms with E-state index in [4.69, 9.17) is 9.98 Å². The lowest BCUT2D eigenvalue weighted by molar-refractivity contribution is 0.835. The molecule has 0 aliphatic carbocycles. The van der Waals surface area contributed by atoms with Crippen LogP contribution in [0, 0.1) is 6.92 Å². The zero-order chi connectivity index (χ0) is 33.7. The predicted molar refractivity (Wildman–Crippen MR) is 201 cm³/mol. The molecule has 0 fully saturated rings. The fraction of sp³-hybridized carbons (Fsp3) is 0.302. The zero-order valence-electron chi connectivity index (χ0n) is 29.4. The number of hydrogen-bond acceptors (Lipinski definition) is 4. The van der Waals surface area contributed by atoms with Gasteiger partial charge >= 0.3 is 0 Å². The first kappa shape index (κ1) is 33.7. The average molecular weight is 621 g/mol. The van der Waals surface area contributed by atoms with Gasteiger partial charge in [-0.15, -0.1) is 0 Å². The van der Waals surface area contributed by atoms with E-state index in [1.807, 2.05) is 61.2 Å². The third kappa shape index (κ3) is 7.82. The van der Waals surface area contributed by atoms with Gasteiger partial charge in [0.05, 0.1) is 35.2 Å². The average Bonchev–Trinajstić information content (AvgIpc) is 3.06. The Kier molecular flexibility index (Phi) is 10.6. The highest BCUT2D eigenvalue weighted by molar-refractivity contribution is 5.85. The van der Waals surface area contributed by atoms with Gasteiger partial charge in [-0.1, -0.05) is 79.7 Å². The summed E-state index contributed by atoms with van der Waals surface area (Å²) in [6, 6.07) is 28.1. The van der Waals surface area contributed by atoms with Crippen LogP contribution in [0.5, 0.6) is 0 Å². The number of aliphatic imine (C=N–C) groups is 2. The van der Waals surface area contributed by atoms with Gasteiger partial charge in [0, 0.05) is 12.4 Å². The zero-order valence-corrected chi connectivity index (χ0v) is 29.4. The predicted octanol–water partition coefficient (Wildman–Crippen LogP) is 12.1. The first-order chi connectivity index (χ1) is 22.5. The van der Waals surface area contributed by atoms with E-state index in [0.29, 0.717) is 23.7 Å². The molecule has 0 aliphatic rings. The van der Waals surface area contributed by atoms with Crippen molar-refractivity contribution in [2.45, 2.75) is 86.0 Å². The lowest BCUT2D eigenvalue weighted by Gasteiger charge is -2.21. The van der Waals surface area contributed by atoms with Gasteiger partial charge in [0.15, 0.2) is 0 Å². The van der Waals surface area contributed by atoms with Crippen molar-refractivity contribution in [3.8, 4) is 22.3 Å². The van der Waals surface area contributed by atoms with Crippen molar-refractivity contribution in [1.29, 1.82) is 0 Å². The van der Waals surface area contributed by atoms with E-state index in [0.717, 1.165) is 22.8 Å². The fourth-order valence-electron chi connectivity index (χ4n) is 6.02. The molecule has 47 heavy (non-hydrogen) atoms. The van der Waals surface area contributed by atoms with Gasteiger partial charge in [-0.3, -0.25) is 20.0 Å². The molecule has 0 saturated carbocycles. The molecule has 2 heterocycles. The molecule has 2 aromatic heterocycles. The monoisotopic (exact) mass is 620 g/mol. The number of aryl methyl sites for hydroxylation is 1. The van der Waals surface area contributed by atoms with Gasteiger partial charge in [-0.2, -0.15) is 0 Å². The van der Waals surface area contributed by atoms with Crippen LogP contribution < -0.4 is 0 Å². The summed E-state index contributed by atoms with van der Waals surface area (Å²) in [4.78, 5) is 19.0. The van der Waals surface area contributed by atoms with Crippen LogP contribution in [0.25, 0.3) is 22.3 Å². The molecule has 240 valence electrons. The summed E-state index contributed by atoms with van der Waals surface area (Å²) in [7, 11) is 0. The molecular formula is C43H48N4. The Bertz CT molecular complexity index is 1820. The highest BCUT2D eigenvalue weighted by Crippen LogP contribution is 2.42. The number of nitrogens with zero attached hydrogens (tertiary/aromatic N) is 4. The Labute approximate surface area is 281 Å². The summed E-state index contributed by atoms with van der Waals surface area (Å²) in [6.07, 6.45) is 7.40. The molecule has 0 bridgehead atoms. The molecule has 3 aromatic carbocycles. The third-order valence-electron chi connectivity index (χ3n) is 8.74. The molecule has 5 aromatic rings. The summed E-state index contributed by atoms with van der Waals surface area (Å²) >= 11 is 0. The van der Waals surface area contributed by atoms with Crippen molar-refractivity contribution < 1.29 is 0 Å². The Morgan fingerprint density at radius 3 is 1.30 bits per heavy atom. The highest BCUT2D eigenvalue weighted by atomic mass is 14.8. The maximum atomic E-state index is 5.03. The van der Waals surface area contributed by atoms with Crippen LogP contribution in [-0.2, 0) is 0 Å². The molecule has 0 spiro atoms. The SMILES string of the molecule is Cc1ccc(-c2cc(C(C)C)c(N=Cc3ccccn3)c(C(C)C)c2)cc1-c1cc(C(C)C)c(N=Cc2ccccn2)c(C(C)C)c1. The second kappa shape index (κ2) is 14.8. The standard InChI is InChI=1S/C43H48N4/c1-27(2)37-21-33(22-38(28(3)4)42(37)46-25-35-14-10-12-18-44-35)32-17-16-31(9)41(20-32)34-23-39(29(5)6)43(40(24-34)30(7)8)47-26-36-15-11-13-19-45-36/h10-30H,1-9H3. The molecule has 0 amide bonds. The van der Waals surface area contributed by atoms with Crippen molar-refractivity contribution in [2.24, 2.45) is 9.98 Å².